The third kappa shape index (κ3) is 2.10. The second-order valence-electron chi connectivity index (χ2n) is 4.73. The Bertz CT molecular complexity index is 473. The molecule has 3 heterocycles. The molecule has 0 aliphatic carbocycles. The topological polar surface area (TPSA) is 49.7 Å². The lowest BCUT2D eigenvalue weighted by molar-refractivity contribution is 0.318. The molecule has 0 amide bonds. The van der Waals surface area contributed by atoms with E-state index in [1.54, 1.807) is 0 Å². The summed E-state index contributed by atoms with van der Waals surface area (Å²) in [5, 5.41) is 7.10. The molecular weight excluding hydrogens is 214 g/mol. The number of nitrogens with one attached hydrogen (secondary N) is 1. The Morgan fingerprint density at radius 3 is 3.18 bits per heavy atom. The van der Waals surface area contributed by atoms with Gasteiger partial charge in [0.2, 0.25) is 0 Å². The highest BCUT2D eigenvalue weighted by molar-refractivity contribution is 5.09. The summed E-state index contributed by atoms with van der Waals surface area (Å²) in [5.74, 6) is 0.603. The summed E-state index contributed by atoms with van der Waals surface area (Å²) in [6, 6.07) is 2.08. The normalized spacial score (nSPS) is 21.1. The second-order valence-corrected chi connectivity index (χ2v) is 4.73. The molecule has 0 saturated carbocycles. The maximum atomic E-state index is 4.15. The van der Waals surface area contributed by atoms with E-state index in [9.17, 15) is 0 Å². The second kappa shape index (κ2) is 4.33. The summed E-state index contributed by atoms with van der Waals surface area (Å²) in [7, 11) is 2.05. The lowest BCUT2D eigenvalue weighted by Crippen LogP contribution is -2.21. The lowest BCUT2D eigenvalue weighted by Gasteiger charge is -2.15. The van der Waals surface area contributed by atoms with Crippen molar-refractivity contribution in [2.24, 2.45) is 7.05 Å². The van der Waals surface area contributed by atoms with E-state index in [2.05, 4.69) is 30.7 Å². The van der Waals surface area contributed by atoms with Crippen LogP contribution in [-0.2, 0) is 13.6 Å². The highest BCUT2D eigenvalue weighted by atomic mass is 15.2. The number of hydrogen-bond donors (Lipinski definition) is 1. The largest absolute Gasteiger partial charge is 0.337 e. The number of aromatic nitrogens is 4. The molecule has 0 spiro atoms. The molecule has 5 heteroatoms. The van der Waals surface area contributed by atoms with Crippen molar-refractivity contribution in [1.29, 1.82) is 0 Å². The van der Waals surface area contributed by atoms with Crippen LogP contribution in [0.25, 0.3) is 0 Å². The first-order valence-corrected chi connectivity index (χ1v) is 6.00. The molecule has 1 aliphatic rings. The van der Waals surface area contributed by atoms with Crippen LogP contribution < -0.4 is 0 Å². The molecule has 0 aromatic carbocycles. The Hall–Kier alpha value is -1.62. The van der Waals surface area contributed by atoms with E-state index in [0.29, 0.717) is 5.92 Å². The van der Waals surface area contributed by atoms with Crippen molar-refractivity contribution in [3.63, 3.8) is 0 Å². The number of hydrogen-bond acceptors (Lipinski definition) is 3. The molecule has 90 valence electrons. The number of nitrogens with zero attached hydrogens (tertiary/aromatic N) is 4. The first-order chi connectivity index (χ1) is 8.33. The fraction of sp³-hybridized carbons (Fsp3) is 0.500. The van der Waals surface area contributed by atoms with Crippen LogP contribution in [0.15, 0.2) is 24.8 Å². The molecule has 2 aromatic heterocycles. The molecule has 17 heavy (non-hydrogen) atoms. The standard InChI is InChI=1S/C12H17N5/c1-16-9-13-6-11(16)8-17-5-3-10(7-17)12-2-4-14-15-12/h2,4,6,9-10H,3,5,7-8H2,1H3,(H,14,15). The van der Waals surface area contributed by atoms with E-state index in [1.807, 2.05) is 25.8 Å². The third-order valence-electron chi connectivity index (χ3n) is 3.54. The van der Waals surface area contributed by atoms with Crippen LogP contribution in [0, 0.1) is 0 Å². The highest BCUT2D eigenvalue weighted by Gasteiger charge is 2.25. The lowest BCUT2D eigenvalue weighted by atomic mass is 10.1. The summed E-state index contributed by atoms with van der Waals surface area (Å²) < 4.78 is 2.09. The van der Waals surface area contributed by atoms with Gasteiger partial charge in [-0.15, -0.1) is 0 Å². The third-order valence-corrected chi connectivity index (χ3v) is 3.54. The number of aromatic amines is 1. The molecule has 1 atom stereocenters. The van der Waals surface area contributed by atoms with Gasteiger partial charge in [-0.2, -0.15) is 5.10 Å². The van der Waals surface area contributed by atoms with Gasteiger partial charge in [0.05, 0.1) is 12.0 Å². The molecule has 1 fully saturated rings. The van der Waals surface area contributed by atoms with E-state index in [1.165, 1.54) is 17.8 Å². The molecule has 0 radical (unpaired) electrons. The van der Waals surface area contributed by atoms with E-state index in [-0.39, 0.29) is 0 Å². The summed E-state index contributed by atoms with van der Waals surface area (Å²) in [4.78, 5) is 6.63. The number of rotatable bonds is 3. The van der Waals surface area contributed by atoms with Crippen LogP contribution in [0.2, 0.25) is 0 Å². The van der Waals surface area contributed by atoms with Crippen LogP contribution in [0.3, 0.4) is 0 Å². The van der Waals surface area contributed by atoms with Gasteiger partial charge < -0.3 is 4.57 Å². The van der Waals surface area contributed by atoms with Crippen LogP contribution in [0.1, 0.15) is 23.7 Å². The summed E-state index contributed by atoms with van der Waals surface area (Å²) in [5.41, 5.74) is 2.53. The molecule has 1 aliphatic heterocycles. The van der Waals surface area contributed by atoms with E-state index >= 15 is 0 Å². The van der Waals surface area contributed by atoms with Gasteiger partial charge in [0, 0.05) is 44.1 Å². The predicted molar refractivity (Wildman–Crippen MR) is 64.4 cm³/mol. The van der Waals surface area contributed by atoms with Crippen LogP contribution in [0.4, 0.5) is 0 Å². The Kier molecular flexibility index (Phi) is 2.68. The van der Waals surface area contributed by atoms with Crippen molar-refractivity contribution in [2.75, 3.05) is 13.1 Å². The summed E-state index contributed by atoms with van der Waals surface area (Å²) >= 11 is 0. The zero-order valence-corrected chi connectivity index (χ0v) is 10.0. The first kappa shape index (κ1) is 10.5. The highest BCUT2D eigenvalue weighted by Crippen LogP contribution is 2.26. The monoisotopic (exact) mass is 231 g/mol. The molecule has 1 saturated heterocycles. The van der Waals surface area contributed by atoms with Gasteiger partial charge in [0.25, 0.3) is 0 Å². The molecule has 2 aromatic rings. The number of imidazole rings is 1. The van der Waals surface area contributed by atoms with E-state index in [0.717, 1.165) is 19.6 Å². The minimum absolute atomic E-state index is 0.603. The predicted octanol–water partition coefficient (Wildman–Crippen LogP) is 1.13. The average molecular weight is 231 g/mol. The van der Waals surface area contributed by atoms with Gasteiger partial charge in [0.15, 0.2) is 0 Å². The van der Waals surface area contributed by atoms with Gasteiger partial charge >= 0.3 is 0 Å². The van der Waals surface area contributed by atoms with Crippen molar-refractivity contribution < 1.29 is 0 Å². The quantitative estimate of drug-likeness (QED) is 0.861. The SMILES string of the molecule is Cn1cncc1CN1CCC(c2ccn[nH]2)C1. The van der Waals surface area contributed by atoms with Crippen LogP contribution in [-0.4, -0.2) is 37.7 Å². The molecule has 5 nitrogen and oxygen atoms in total. The van der Waals surface area contributed by atoms with E-state index < -0.39 is 0 Å². The maximum Gasteiger partial charge on any atom is 0.0945 e. The molecular formula is C12H17N5. The van der Waals surface area contributed by atoms with E-state index in [4.69, 9.17) is 0 Å². The van der Waals surface area contributed by atoms with Gasteiger partial charge in [-0.25, -0.2) is 4.98 Å². The maximum absolute atomic E-state index is 4.15. The zero-order valence-electron chi connectivity index (χ0n) is 10.0. The van der Waals surface area contributed by atoms with Crippen LogP contribution >= 0.6 is 0 Å². The fourth-order valence-electron chi connectivity index (χ4n) is 2.49. The Morgan fingerprint density at radius 2 is 2.47 bits per heavy atom. The van der Waals surface area contributed by atoms with Crippen molar-refractivity contribution in [1.82, 2.24) is 24.6 Å². The van der Waals surface area contributed by atoms with Crippen molar-refractivity contribution in [3.8, 4) is 0 Å². The molecule has 1 N–H and O–H groups in total. The molecule has 1 unspecified atom stereocenters. The first-order valence-electron chi connectivity index (χ1n) is 6.00. The van der Waals surface area contributed by atoms with Gasteiger partial charge in [-0.3, -0.25) is 10.00 Å². The Morgan fingerprint density at radius 1 is 1.53 bits per heavy atom. The molecule has 0 bridgehead atoms. The average Bonchev–Trinajstić information content (AvgIpc) is 3.02. The number of likely N-dealkylation sites (tertiary alicyclic amines) is 1. The van der Waals surface area contributed by atoms with Crippen LogP contribution in [0.5, 0.6) is 0 Å². The van der Waals surface area contributed by atoms with Gasteiger partial charge in [0.1, 0.15) is 0 Å². The van der Waals surface area contributed by atoms with Gasteiger partial charge in [-0.1, -0.05) is 0 Å². The smallest absolute Gasteiger partial charge is 0.0945 e. The number of H-pyrrole nitrogens is 1. The minimum atomic E-state index is 0.603. The van der Waals surface area contributed by atoms with Gasteiger partial charge in [-0.05, 0) is 19.0 Å². The Balaban J connectivity index is 1.63. The van der Waals surface area contributed by atoms with Crippen molar-refractivity contribution in [3.05, 3.63) is 36.2 Å². The molecule has 3 rings (SSSR count). The fourth-order valence-corrected chi connectivity index (χ4v) is 2.49. The van der Waals surface area contributed by atoms with Crippen molar-refractivity contribution in [2.45, 2.75) is 18.9 Å². The zero-order chi connectivity index (χ0) is 11.7. The van der Waals surface area contributed by atoms with Crippen molar-refractivity contribution >= 4 is 0 Å². The summed E-state index contributed by atoms with van der Waals surface area (Å²) in [6.45, 7) is 3.24. The Labute approximate surface area is 100 Å². The minimum Gasteiger partial charge on any atom is -0.337 e. The number of aryl methyl sites for hydroxylation is 1. The summed E-state index contributed by atoms with van der Waals surface area (Å²) in [6.07, 6.45) is 6.85.